The molecule has 1 saturated heterocycles. The van der Waals surface area contributed by atoms with Crippen LogP contribution >= 0.6 is 0 Å². The van der Waals surface area contributed by atoms with Gasteiger partial charge < -0.3 is 15.0 Å². The molecule has 2 saturated carbocycles. The fraction of sp³-hybridized carbons (Fsp3) is 0.483. The van der Waals surface area contributed by atoms with Gasteiger partial charge in [0.15, 0.2) is 0 Å². The van der Waals surface area contributed by atoms with Gasteiger partial charge in [0.2, 0.25) is 11.8 Å². The third-order valence-corrected chi connectivity index (χ3v) is 8.47. The van der Waals surface area contributed by atoms with Crippen LogP contribution in [0.4, 0.5) is 14.5 Å². The van der Waals surface area contributed by atoms with Crippen molar-refractivity contribution >= 4 is 22.5 Å². The van der Waals surface area contributed by atoms with E-state index in [-0.39, 0.29) is 36.1 Å². The molecule has 190 valence electrons. The molecule has 0 radical (unpaired) electrons. The van der Waals surface area contributed by atoms with Gasteiger partial charge in [0.25, 0.3) is 0 Å². The maximum Gasteiger partial charge on any atom is 0.249 e. The zero-order valence-electron chi connectivity index (χ0n) is 20.9. The van der Waals surface area contributed by atoms with E-state index in [0.717, 1.165) is 64.8 Å². The Morgan fingerprint density at radius 3 is 2.61 bits per heavy atom. The SMILES string of the molecule is COc1cc(C)c2[nH]ccc2c1CN1CCC2(C[C@@H]1c1ccc(NC(=O)C3CC3)cc1)CC(F)(F)C2. The Balaban J connectivity index is 1.30. The first-order valence-electron chi connectivity index (χ1n) is 12.9. The molecule has 36 heavy (non-hydrogen) atoms. The van der Waals surface area contributed by atoms with Crippen LogP contribution in [0.1, 0.15) is 61.3 Å². The number of carbonyl (C=O) groups excluding carboxylic acids is 1. The van der Waals surface area contributed by atoms with E-state index in [9.17, 15) is 13.6 Å². The van der Waals surface area contributed by atoms with Gasteiger partial charge in [0.05, 0.1) is 7.11 Å². The van der Waals surface area contributed by atoms with Crippen LogP contribution in [0.3, 0.4) is 0 Å². The first-order chi connectivity index (χ1) is 17.3. The van der Waals surface area contributed by atoms with Crippen LogP contribution in [0.2, 0.25) is 0 Å². The molecule has 0 unspecified atom stereocenters. The highest BCUT2D eigenvalue weighted by Gasteiger charge is 2.58. The number of ether oxygens (including phenoxy) is 1. The third kappa shape index (κ3) is 4.27. The van der Waals surface area contributed by atoms with E-state index in [1.807, 2.05) is 30.5 Å². The predicted molar refractivity (Wildman–Crippen MR) is 136 cm³/mol. The molecule has 0 bridgehead atoms. The number of benzene rings is 2. The molecule has 1 amide bonds. The van der Waals surface area contributed by atoms with Crippen molar-refractivity contribution in [2.75, 3.05) is 19.0 Å². The third-order valence-electron chi connectivity index (χ3n) is 8.47. The van der Waals surface area contributed by atoms with Gasteiger partial charge in [-0.1, -0.05) is 12.1 Å². The number of likely N-dealkylation sites (tertiary alicyclic amines) is 1. The Morgan fingerprint density at radius 2 is 1.94 bits per heavy atom. The van der Waals surface area contributed by atoms with Gasteiger partial charge in [-0.3, -0.25) is 9.69 Å². The number of hydrogen-bond donors (Lipinski definition) is 2. The van der Waals surface area contributed by atoms with E-state index in [2.05, 4.69) is 34.3 Å². The van der Waals surface area contributed by atoms with E-state index >= 15 is 0 Å². The van der Waals surface area contributed by atoms with Crippen LogP contribution in [0.15, 0.2) is 42.6 Å². The molecule has 7 heteroatoms. The molecular formula is C29H33F2N3O2. The second-order valence-corrected chi connectivity index (χ2v) is 11.2. The summed E-state index contributed by atoms with van der Waals surface area (Å²) in [6, 6.07) is 12.2. The number of alkyl halides is 2. The lowest BCUT2D eigenvalue weighted by atomic mass is 9.59. The number of carbonyl (C=O) groups is 1. The number of rotatable bonds is 6. The topological polar surface area (TPSA) is 57.4 Å². The van der Waals surface area contributed by atoms with E-state index in [1.165, 1.54) is 0 Å². The van der Waals surface area contributed by atoms with Gasteiger partial charge in [-0.25, -0.2) is 8.78 Å². The van der Waals surface area contributed by atoms with Gasteiger partial charge in [-0.2, -0.15) is 0 Å². The second-order valence-electron chi connectivity index (χ2n) is 11.2. The number of hydrogen-bond acceptors (Lipinski definition) is 3. The number of methoxy groups -OCH3 is 1. The van der Waals surface area contributed by atoms with E-state index in [4.69, 9.17) is 4.74 Å². The summed E-state index contributed by atoms with van der Waals surface area (Å²) in [5.41, 5.74) is 4.94. The van der Waals surface area contributed by atoms with Crippen LogP contribution in [0, 0.1) is 18.3 Å². The highest BCUT2D eigenvalue weighted by molar-refractivity contribution is 5.94. The molecule has 2 heterocycles. The molecule has 2 N–H and O–H groups in total. The minimum atomic E-state index is -2.54. The second kappa shape index (κ2) is 8.58. The summed E-state index contributed by atoms with van der Waals surface area (Å²) in [4.78, 5) is 17.9. The number of nitrogens with one attached hydrogen (secondary N) is 2. The summed E-state index contributed by atoms with van der Waals surface area (Å²) in [5, 5.41) is 4.14. The molecule has 5 nitrogen and oxygen atoms in total. The number of fused-ring (bicyclic) bond motifs is 1. The largest absolute Gasteiger partial charge is 0.496 e. The number of H-pyrrole nitrogens is 1. The van der Waals surface area contributed by atoms with Crippen LogP contribution in [-0.4, -0.2) is 35.4 Å². The van der Waals surface area contributed by atoms with Crippen LogP contribution in [0.5, 0.6) is 5.75 Å². The highest BCUT2D eigenvalue weighted by atomic mass is 19.3. The first kappa shape index (κ1) is 23.5. The predicted octanol–water partition coefficient (Wildman–Crippen LogP) is 6.59. The zero-order chi connectivity index (χ0) is 25.1. The summed E-state index contributed by atoms with van der Waals surface area (Å²) < 4.78 is 33.8. The van der Waals surface area contributed by atoms with Gasteiger partial charge >= 0.3 is 0 Å². The summed E-state index contributed by atoms with van der Waals surface area (Å²) in [5.74, 6) is -1.46. The highest BCUT2D eigenvalue weighted by Crippen LogP contribution is 2.60. The quantitative estimate of drug-likeness (QED) is 0.408. The zero-order valence-corrected chi connectivity index (χ0v) is 20.9. The van der Waals surface area contributed by atoms with Gasteiger partial charge in [-0.05, 0) is 80.0 Å². The molecular weight excluding hydrogens is 460 g/mol. The van der Waals surface area contributed by atoms with Crippen LogP contribution in [-0.2, 0) is 11.3 Å². The van der Waals surface area contributed by atoms with Gasteiger partial charge in [0.1, 0.15) is 5.75 Å². The molecule has 1 spiro atoms. The van der Waals surface area contributed by atoms with Crippen LogP contribution in [0.25, 0.3) is 10.9 Å². The van der Waals surface area contributed by atoms with Gasteiger partial charge in [0, 0.05) is 59.7 Å². The van der Waals surface area contributed by atoms with Crippen molar-refractivity contribution in [3.05, 3.63) is 59.3 Å². The average molecular weight is 494 g/mol. The molecule has 1 atom stereocenters. The molecule has 1 aliphatic heterocycles. The van der Waals surface area contributed by atoms with Crippen LogP contribution < -0.4 is 10.1 Å². The monoisotopic (exact) mass is 493 g/mol. The number of halogens is 2. The molecule has 3 aromatic rings. The van der Waals surface area contributed by atoms with Crippen molar-refractivity contribution in [2.45, 2.75) is 64.0 Å². The van der Waals surface area contributed by atoms with Crippen molar-refractivity contribution in [3.63, 3.8) is 0 Å². The summed E-state index contributed by atoms with van der Waals surface area (Å²) in [7, 11) is 1.70. The average Bonchev–Trinajstić information content (AvgIpc) is 3.57. The fourth-order valence-corrected chi connectivity index (χ4v) is 6.43. The van der Waals surface area contributed by atoms with E-state index in [0.29, 0.717) is 13.0 Å². The summed E-state index contributed by atoms with van der Waals surface area (Å²) >= 11 is 0. The van der Waals surface area contributed by atoms with E-state index < -0.39 is 5.92 Å². The van der Waals surface area contributed by atoms with Crippen molar-refractivity contribution in [1.29, 1.82) is 0 Å². The van der Waals surface area contributed by atoms with Gasteiger partial charge in [-0.15, -0.1) is 0 Å². The van der Waals surface area contributed by atoms with Crippen molar-refractivity contribution in [3.8, 4) is 5.75 Å². The summed E-state index contributed by atoms with van der Waals surface area (Å²) in [6.07, 6.45) is 5.33. The number of aryl methyl sites for hydroxylation is 1. The number of aromatic amines is 1. The van der Waals surface area contributed by atoms with Crippen molar-refractivity contribution in [1.82, 2.24) is 9.88 Å². The molecule has 2 aliphatic carbocycles. The Bertz CT molecular complexity index is 1290. The molecule has 3 aliphatic rings. The maximum atomic E-state index is 14.0. The first-order valence-corrected chi connectivity index (χ1v) is 12.9. The van der Waals surface area contributed by atoms with E-state index in [1.54, 1.807) is 7.11 Å². The molecule has 6 rings (SSSR count). The lowest BCUT2D eigenvalue weighted by Crippen LogP contribution is -2.53. The molecule has 3 fully saturated rings. The van der Waals surface area contributed by atoms with Crippen molar-refractivity contribution in [2.24, 2.45) is 11.3 Å². The number of anilines is 1. The standard InChI is InChI=1S/C29H33F2N3O2/c1-18-13-25(36-2)23(22-9-11-32-26(18)22)15-34-12-10-28(16-29(30,31)17-28)14-24(34)19-5-7-21(8-6-19)33-27(35)20-3-4-20/h5-9,11,13,20,24,32H,3-4,10,12,14-17H2,1-2H3,(H,33,35)/t24-/m1/s1. The molecule has 1 aromatic heterocycles. The lowest BCUT2D eigenvalue weighted by Gasteiger charge is -2.54. The Hall–Kier alpha value is -2.93. The Morgan fingerprint density at radius 1 is 1.19 bits per heavy atom. The number of aromatic nitrogens is 1. The van der Waals surface area contributed by atoms with Crippen molar-refractivity contribution < 1.29 is 18.3 Å². The Labute approximate surface area is 210 Å². The molecule has 2 aromatic carbocycles. The lowest BCUT2D eigenvalue weighted by molar-refractivity contribution is -0.186. The minimum absolute atomic E-state index is 0.0167. The number of piperidine rings is 1. The number of amides is 1. The fourth-order valence-electron chi connectivity index (χ4n) is 6.43. The maximum absolute atomic E-state index is 14.0. The smallest absolute Gasteiger partial charge is 0.249 e. The minimum Gasteiger partial charge on any atom is -0.496 e. The Kier molecular flexibility index (Phi) is 5.59. The number of nitrogens with zero attached hydrogens (tertiary/aromatic N) is 1. The summed E-state index contributed by atoms with van der Waals surface area (Å²) in [6.45, 7) is 3.50. The normalized spacial score (nSPS) is 22.9.